The fraction of sp³-hybridized carbons (Fsp3) is 0.500. The maximum Gasteiger partial charge on any atom is 0.226 e. The number of nitrogens with one attached hydrogen (secondary N) is 1. The molecule has 1 fully saturated rings. The fourth-order valence-electron chi connectivity index (χ4n) is 3.24. The van der Waals surface area contributed by atoms with E-state index in [2.05, 4.69) is 22.1 Å². The molecule has 0 unspecified atom stereocenters. The molecule has 0 bridgehead atoms. The number of piperidine rings is 1. The van der Waals surface area contributed by atoms with Gasteiger partial charge in [0.05, 0.1) is 5.69 Å². The number of likely N-dealkylation sites (tertiary alicyclic amines) is 1. The van der Waals surface area contributed by atoms with Gasteiger partial charge in [0, 0.05) is 24.6 Å². The van der Waals surface area contributed by atoms with E-state index in [1.165, 1.54) is 0 Å². The minimum absolute atomic E-state index is 0.154. The standard InChI is InChI=1S/C20H27N3O2/c1-3-11-21-19(24)16-9-12-23(13-10-16)14-18-15(2)25-20(22-18)17-7-5-4-6-8-17/h4-8,16H,3,9-14H2,1-2H3,(H,21,24). The van der Waals surface area contributed by atoms with Crippen LogP contribution in [0.2, 0.25) is 0 Å². The number of rotatable bonds is 6. The second kappa shape index (κ2) is 8.30. The van der Waals surface area contributed by atoms with Crippen LogP contribution < -0.4 is 5.32 Å². The molecule has 1 aromatic heterocycles. The molecular formula is C20H27N3O2. The van der Waals surface area contributed by atoms with Crippen molar-refractivity contribution in [2.75, 3.05) is 19.6 Å². The van der Waals surface area contributed by atoms with Gasteiger partial charge in [0.15, 0.2) is 0 Å². The van der Waals surface area contributed by atoms with Crippen molar-refractivity contribution >= 4 is 5.91 Å². The monoisotopic (exact) mass is 341 g/mol. The Bertz CT molecular complexity index is 688. The van der Waals surface area contributed by atoms with E-state index in [0.29, 0.717) is 5.89 Å². The van der Waals surface area contributed by atoms with E-state index in [4.69, 9.17) is 4.42 Å². The summed E-state index contributed by atoms with van der Waals surface area (Å²) in [5.41, 5.74) is 2.00. The van der Waals surface area contributed by atoms with Crippen molar-refractivity contribution in [1.29, 1.82) is 0 Å². The van der Waals surface area contributed by atoms with Crippen LogP contribution in [0.4, 0.5) is 0 Å². The molecule has 0 radical (unpaired) electrons. The van der Waals surface area contributed by atoms with Gasteiger partial charge in [0.25, 0.3) is 0 Å². The lowest BCUT2D eigenvalue weighted by atomic mass is 9.95. The van der Waals surface area contributed by atoms with Crippen molar-refractivity contribution in [2.24, 2.45) is 5.92 Å². The lowest BCUT2D eigenvalue weighted by Gasteiger charge is -2.30. The number of oxazole rings is 1. The Morgan fingerprint density at radius 2 is 2.00 bits per heavy atom. The van der Waals surface area contributed by atoms with Gasteiger partial charge in [-0.05, 0) is 51.4 Å². The van der Waals surface area contributed by atoms with Crippen molar-refractivity contribution in [1.82, 2.24) is 15.2 Å². The Hall–Kier alpha value is -2.14. The maximum atomic E-state index is 12.1. The predicted octanol–water partition coefficient (Wildman–Crippen LogP) is 3.39. The molecular weight excluding hydrogens is 314 g/mol. The highest BCUT2D eigenvalue weighted by atomic mass is 16.4. The van der Waals surface area contributed by atoms with Crippen molar-refractivity contribution in [3.05, 3.63) is 41.8 Å². The average molecular weight is 341 g/mol. The maximum absolute atomic E-state index is 12.1. The lowest BCUT2D eigenvalue weighted by Crippen LogP contribution is -2.40. The number of hydrogen-bond acceptors (Lipinski definition) is 4. The third-order valence-electron chi connectivity index (χ3n) is 4.79. The summed E-state index contributed by atoms with van der Waals surface area (Å²) in [6.07, 6.45) is 2.82. The summed E-state index contributed by atoms with van der Waals surface area (Å²) in [5, 5.41) is 3.01. The number of benzene rings is 1. The Kier molecular flexibility index (Phi) is 5.87. The molecule has 1 saturated heterocycles. The molecule has 5 heteroatoms. The van der Waals surface area contributed by atoms with Gasteiger partial charge in [0.1, 0.15) is 5.76 Å². The van der Waals surface area contributed by atoms with Crippen LogP contribution in [0.5, 0.6) is 0 Å². The topological polar surface area (TPSA) is 58.4 Å². The van der Waals surface area contributed by atoms with Crippen molar-refractivity contribution in [3.63, 3.8) is 0 Å². The molecule has 1 aromatic carbocycles. The first-order chi connectivity index (χ1) is 12.2. The van der Waals surface area contributed by atoms with E-state index < -0.39 is 0 Å². The van der Waals surface area contributed by atoms with E-state index in [1.54, 1.807) is 0 Å². The molecule has 1 N–H and O–H groups in total. The number of nitrogens with zero attached hydrogens (tertiary/aromatic N) is 2. The second-order valence-electron chi connectivity index (χ2n) is 6.73. The van der Waals surface area contributed by atoms with E-state index in [-0.39, 0.29) is 11.8 Å². The second-order valence-corrected chi connectivity index (χ2v) is 6.73. The zero-order valence-corrected chi connectivity index (χ0v) is 15.1. The highest BCUT2D eigenvalue weighted by molar-refractivity contribution is 5.78. The molecule has 3 rings (SSSR count). The minimum Gasteiger partial charge on any atom is -0.441 e. The summed E-state index contributed by atoms with van der Waals surface area (Å²) >= 11 is 0. The molecule has 1 aliphatic rings. The first-order valence-electron chi connectivity index (χ1n) is 9.19. The van der Waals surface area contributed by atoms with Gasteiger partial charge in [-0.15, -0.1) is 0 Å². The average Bonchev–Trinajstić information content (AvgIpc) is 3.01. The van der Waals surface area contributed by atoms with Crippen LogP contribution in [0.25, 0.3) is 11.5 Å². The molecule has 2 heterocycles. The molecule has 5 nitrogen and oxygen atoms in total. The first kappa shape index (κ1) is 17.7. The number of carbonyl (C=O) groups is 1. The third-order valence-corrected chi connectivity index (χ3v) is 4.79. The molecule has 2 aromatic rings. The Morgan fingerprint density at radius 1 is 1.28 bits per heavy atom. The molecule has 134 valence electrons. The molecule has 0 saturated carbocycles. The quantitative estimate of drug-likeness (QED) is 0.875. The van der Waals surface area contributed by atoms with Crippen molar-refractivity contribution < 1.29 is 9.21 Å². The van der Waals surface area contributed by atoms with E-state index in [9.17, 15) is 4.79 Å². The molecule has 25 heavy (non-hydrogen) atoms. The van der Waals surface area contributed by atoms with Crippen molar-refractivity contribution in [2.45, 2.75) is 39.7 Å². The van der Waals surface area contributed by atoms with Crippen LogP contribution in [0.15, 0.2) is 34.7 Å². The molecule has 0 spiro atoms. The van der Waals surface area contributed by atoms with E-state index >= 15 is 0 Å². The smallest absolute Gasteiger partial charge is 0.226 e. The predicted molar refractivity (Wildman–Crippen MR) is 98.0 cm³/mol. The third kappa shape index (κ3) is 4.48. The number of hydrogen-bond donors (Lipinski definition) is 1. The number of aromatic nitrogens is 1. The zero-order valence-electron chi connectivity index (χ0n) is 15.1. The summed E-state index contributed by atoms with van der Waals surface area (Å²) in [7, 11) is 0. The van der Waals surface area contributed by atoms with Gasteiger partial charge in [-0.3, -0.25) is 9.69 Å². The van der Waals surface area contributed by atoms with Crippen LogP contribution in [-0.4, -0.2) is 35.4 Å². The Labute approximate surface area is 149 Å². The highest BCUT2D eigenvalue weighted by Crippen LogP contribution is 2.24. The normalized spacial score (nSPS) is 16.1. The van der Waals surface area contributed by atoms with E-state index in [1.807, 2.05) is 37.3 Å². The number of amides is 1. The zero-order chi connectivity index (χ0) is 17.6. The lowest BCUT2D eigenvalue weighted by molar-refractivity contribution is -0.126. The van der Waals surface area contributed by atoms with Crippen molar-refractivity contribution in [3.8, 4) is 11.5 Å². The van der Waals surface area contributed by atoms with Gasteiger partial charge in [-0.25, -0.2) is 4.98 Å². The van der Waals surface area contributed by atoms with E-state index in [0.717, 1.165) is 62.5 Å². The van der Waals surface area contributed by atoms with Gasteiger partial charge in [-0.2, -0.15) is 0 Å². The first-order valence-corrected chi connectivity index (χ1v) is 9.19. The summed E-state index contributed by atoms with van der Waals surface area (Å²) in [6.45, 7) is 7.46. The summed E-state index contributed by atoms with van der Waals surface area (Å²) < 4.78 is 5.84. The number of carbonyl (C=O) groups excluding carboxylic acids is 1. The highest BCUT2D eigenvalue weighted by Gasteiger charge is 2.25. The number of aryl methyl sites for hydroxylation is 1. The Morgan fingerprint density at radius 3 is 2.68 bits per heavy atom. The van der Waals surface area contributed by atoms with Crippen LogP contribution >= 0.6 is 0 Å². The van der Waals surface area contributed by atoms with Gasteiger partial charge in [0.2, 0.25) is 11.8 Å². The van der Waals surface area contributed by atoms with Crippen LogP contribution in [0, 0.1) is 12.8 Å². The summed E-state index contributed by atoms with van der Waals surface area (Å²) in [4.78, 5) is 19.1. The molecule has 1 amide bonds. The minimum atomic E-state index is 0.154. The van der Waals surface area contributed by atoms with Gasteiger partial charge < -0.3 is 9.73 Å². The molecule has 0 atom stereocenters. The van der Waals surface area contributed by atoms with Gasteiger partial charge in [-0.1, -0.05) is 25.1 Å². The Balaban J connectivity index is 1.56. The molecule has 1 aliphatic heterocycles. The van der Waals surface area contributed by atoms with Crippen LogP contribution in [-0.2, 0) is 11.3 Å². The summed E-state index contributed by atoms with van der Waals surface area (Å²) in [6, 6.07) is 9.98. The molecule has 0 aliphatic carbocycles. The SMILES string of the molecule is CCCNC(=O)C1CCN(Cc2nc(-c3ccccc3)oc2C)CC1. The largest absolute Gasteiger partial charge is 0.441 e. The van der Waals surface area contributed by atoms with Crippen LogP contribution in [0.1, 0.15) is 37.6 Å². The van der Waals surface area contributed by atoms with Crippen LogP contribution in [0.3, 0.4) is 0 Å². The summed E-state index contributed by atoms with van der Waals surface area (Å²) in [5.74, 6) is 1.93. The van der Waals surface area contributed by atoms with Gasteiger partial charge >= 0.3 is 0 Å². The fourth-order valence-corrected chi connectivity index (χ4v) is 3.24.